The number of nitrogens with zero attached hydrogens (tertiary/aromatic N) is 2. The van der Waals surface area contributed by atoms with E-state index in [0.717, 1.165) is 89.1 Å². The van der Waals surface area contributed by atoms with Crippen LogP contribution in [0.2, 0.25) is 5.02 Å². The molecule has 1 amide bonds. The summed E-state index contributed by atoms with van der Waals surface area (Å²) in [6.45, 7) is 1.45. The summed E-state index contributed by atoms with van der Waals surface area (Å²) >= 11 is 6.44. The van der Waals surface area contributed by atoms with Gasteiger partial charge < -0.3 is 9.64 Å². The van der Waals surface area contributed by atoms with Crippen molar-refractivity contribution in [3.05, 3.63) is 75.9 Å². The van der Waals surface area contributed by atoms with Crippen molar-refractivity contribution in [1.82, 2.24) is 9.88 Å². The highest BCUT2D eigenvalue weighted by atomic mass is 35.5. The number of methoxy groups -OCH3 is 1. The number of fused-ring (bicyclic) bond motifs is 2. The first kappa shape index (κ1) is 21.2. The van der Waals surface area contributed by atoms with E-state index in [9.17, 15) is 4.79 Å². The number of hydrogen-bond acceptors (Lipinski definition) is 3. The van der Waals surface area contributed by atoms with Crippen LogP contribution >= 0.6 is 11.6 Å². The number of benzene rings is 2. The van der Waals surface area contributed by atoms with Gasteiger partial charge in [-0.25, -0.2) is 4.98 Å². The van der Waals surface area contributed by atoms with Crippen molar-refractivity contribution in [3.63, 3.8) is 0 Å². The first-order valence-electron chi connectivity index (χ1n) is 11.3. The van der Waals surface area contributed by atoms with Crippen LogP contribution in [0.4, 0.5) is 0 Å². The van der Waals surface area contributed by atoms with E-state index in [1.807, 2.05) is 53.4 Å². The third-order valence-electron chi connectivity index (χ3n) is 6.68. The molecular weight excluding hydrogens is 420 g/mol. The quantitative estimate of drug-likeness (QED) is 0.494. The standard InChI is InChI=1S/C27H27ClN2O2/c1-32-20-13-15-30(16-14-20)27(31)25-21-9-3-5-12-24(21)29-26-19(8-6-10-22(25)26)17-18-7-2-4-11-23(18)28/h2-5,7,9,11-12,17,20H,6,8,10,13-16H2,1H3. The van der Waals surface area contributed by atoms with Gasteiger partial charge in [-0.15, -0.1) is 0 Å². The van der Waals surface area contributed by atoms with Crippen LogP contribution in [0.15, 0.2) is 48.5 Å². The van der Waals surface area contributed by atoms with Crippen molar-refractivity contribution in [2.45, 2.75) is 38.2 Å². The van der Waals surface area contributed by atoms with E-state index in [-0.39, 0.29) is 12.0 Å². The molecule has 0 atom stereocenters. The number of ether oxygens (including phenoxy) is 1. The third-order valence-corrected chi connectivity index (χ3v) is 7.03. The predicted octanol–water partition coefficient (Wildman–Crippen LogP) is 6.02. The monoisotopic (exact) mass is 446 g/mol. The summed E-state index contributed by atoms with van der Waals surface area (Å²) in [6.07, 6.45) is 6.93. The molecule has 1 aromatic heterocycles. The molecule has 0 unspecified atom stereocenters. The normalized spacial score (nSPS) is 18.2. The molecule has 164 valence electrons. The van der Waals surface area contributed by atoms with Crippen LogP contribution in [0.5, 0.6) is 0 Å². The maximum atomic E-state index is 13.8. The Morgan fingerprint density at radius 2 is 1.84 bits per heavy atom. The Hall–Kier alpha value is -2.69. The summed E-state index contributed by atoms with van der Waals surface area (Å²) in [5.41, 5.74) is 5.86. The number of allylic oxidation sites excluding steroid dienone is 1. The van der Waals surface area contributed by atoms with Gasteiger partial charge in [0.25, 0.3) is 5.91 Å². The highest BCUT2D eigenvalue weighted by Crippen LogP contribution is 2.37. The van der Waals surface area contributed by atoms with Crippen LogP contribution < -0.4 is 0 Å². The van der Waals surface area contributed by atoms with Crippen molar-refractivity contribution in [2.75, 3.05) is 20.2 Å². The molecule has 0 spiro atoms. The zero-order valence-corrected chi connectivity index (χ0v) is 19.1. The van der Waals surface area contributed by atoms with E-state index in [2.05, 4.69) is 6.08 Å². The molecule has 1 fully saturated rings. The van der Waals surface area contributed by atoms with Gasteiger partial charge in [0.2, 0.25) is 0 Å². The first-order chi connectivity index (χ1) is 15.7. The number of aromatic nitrogens is 1. The number of amides is 1. The predicted molar refractivity (Wildman–Crippen MR) is 130 cm³/mol. The number of hydrogen-bond donors (Lipinski definition) is 0. The second-order valence-electron chi connectivity index (χ2n) is 8.60. The van der Waals surface area contributed by atoms with Crippen LogP contribution in [0.25, 0.3) is 22.6 Å². The molecule has 1 aliphatic carbocycles. The minimum atomic E-state index is 0.119. The number of pyridine rings is 1. The summed E-state index contributed by atoms with van der Waals surface area (Å²) in [5, 5.41) is 1.68. The molecule has 32 heavy (non-hydrogen) atoms. The lowest BCUT2D eigenvalue weighted by molar-refractivity contribution is 0.0351. The van der Waals surface area contributed by atoms with Crippen molar-refractivity contribution in [2.24, 2.45) is 0 Å². The Morgan fingerprint density at radius 1 is 1.09 bits per heavy atom. The van der Waals surface area contributed by atoms with E-state index >= 15 is 0 Å². The molecular formula is C27H27ClN2O2. The van der Waals surface area contributed by atoms with E-state index in [0.29, 0.717) is 0 Å². The van der Waals surface area contributed by atoms with Crippen molar-refractivity contribution in [3.8, 4) is 0 Å². The Kier molecular flexibility index (Phi) is 5.99. The van der Waals surface area contributed by atoms with Gasteiger partial charge in [0.1, 0.15) is 0 Å². The van der Waals surface area contributed by atoms with Gasteiger partial charge in [0, 0.05) is 30.6 Å². The molecule has 2 aromatic carbocycles. The number of carbonyl (C=O) groups is 1. The molecule has 5 heteroatoms. The number of piperidine rings is 1. The van der Waals surface area contributed by atoms with Gasteiger partial charge in [0.15, 0.2) is 0 Å². The lowest BCUT2D eigenvalue weighted by Gasteiger charge is -2.33. The largest absolute Gasteiger partial charge is 0.381 e. The van der Waals surface area contributed by atoms with E-state index in [1.165, 1.54) is 0 Å². The zero-order chi connectivity index (χ0) is 22.1. The summed E-state index contributed by atoms with van der Waals surface area (Å²) in [7, 11) is 1.75. The minimum absolute atomic E-state index is 0.119. The lowest BCUT2D eigenvalue weighted by atomic mass is 9.85. The molecule has 4 nitrogen and oxygen atoms in total. The Morgan fingerprint density at radius 3 is 2.62 bits per heavy atom. The van der Waals surface area contributed by atoms with Crippen LogP contribution in [0.1, 0.15) is 52.9 Å². The van der Waals surface area contributed by atoms with Gasteiger partial charge in [-0.3, -0.25) is 4.79 Å². The van der Waals surface area contributed by atoms with Crippen molar-refractivity contribution in [1.29, 1.82) is 0 Å². The molecule has 0 N–H and O–H groups in total. The average molecular weight is 447 g/mol. The number of para-hydroxylation sites is 1. The second kappa shape index (κ2) is 9.05. The van der Waals surface area contributed by atoms with Crippen LogP contribution in [0, 0.1) is 0 Å². The molecule has 0 bridgehead atoms. The highest BCUT2D eigenvalue weighted by molar-refractivity contribution is 6.32. The fraction of sp³-hybridized carbons (Fsp3) is 0.333. The second-order valence-corrected chi connectivity index (χ2v) is 9.01. The van der Waals surface area contributed by atoms with Crippen molar-refractivity contribution < 1.29 is 9.53 Å². The maximum Gasteiger partial charge on any atom is 0.254 e. The summed E-state index contributed by atoms with van der Waals surface area (Å²) < 4.78 is 5.50. The average Bonchev–Trinajstić information content (AvgIpc) is 2.84. The molecule has 2 aliphatic rings. The van der Waals surface area contributed by atoms with Gasteiger partial charge >= 0.3 is 0 Å². The van der Waals surface area contributed by atoms with E-state index in [4.69, 9.17) is 21.3 Å². The SMILES string of the molecule is COC1CCN(C(=O)c2c3c(nc4ccccc24)C(=Cc2ccccc2Cl)CCC3)CC1. The highest BCUT2D eigenvalue weighted by Gasteiger charge is 2.30. The maximum absolute atomic E-state index is 13.8. The number of halogens is 1. The topological polar surface area (TPSA) is 42.4 Å². The Bertz CT molecular complexity index is 1200. The lowest BCUT2D eigenvalue weighted by Crippen LogP contribution is -2.41. The molecule has 3 aromatic rings. The third kappa shape index (κ3) is 3.94. The molecule has 2 heterocycles. The Balaban J connectivity index is 1.63. The van der Waals surface area contributed by atoms with Gasteiger partial charge in [-0.1, -0.05) is 48.0 Å². The molecule has 1 aliphatic heterocycles. The van der Waals surface area contributed by atoms with Crippen LogP contribution in [-0.2, 0) is 11.2 Å². The van der Waals surface area contributed by atoms with Gasteiger partial charge in [-0.2, -0.15) is 0 Å². The molecule has 1 saturated heterocycles. The summed E-state index contributed by atoms with van der Waals surface area (Å²) in [5.74, 6) is 0.119. The fourth-order valence-corrected chi connectivity index (χ4v) is 5.14. The first-order valence-corrected chi connectivity index (χ1v) is 11.7. The molecule has 0 radical (unpaired) electrons. The fourth-order valence-electron chi connectivity index (χ4n) is 4.95. The molecule has 0 saturated carbocycles. The zero-order valence-electron chi connectivity index (χ0n) is 18.3. The number of carbonyl (C=O) groups excluding carboxylic acids is 1. The summed E-state index contributed by atoms with van der Waals surface area (Å²) in [6, 6.07) is 15.9. The minimum Gasteiger partial charge on any atom is -0.381 e. The van der Waals surface area contributed by atoms with Crippen LogP contribution in [-0.4, -0.2) is 42.1 Å². The molecule has 5 rings (SSSR count). The van der Waals surface area contributed by atoms with Gasteiger partial charge in [0.05, 0.1) is 22.9 Å². The van der Waals surface area contributed by atoms with Crippen LogP contribution in [0.3, 0.4) is 0 Å². The van der Waals surface area contributed by atoms with E-state index in [1.54, 1.807) is 7.11 Å². The number of rotatable bonds is 3. The summed E-state index contributed by atoms with van der Waals surface area (Å²) in [4.78, 5) is 20.8. The number of likely N-dealkylation sites (tertiary alicyclic amines) is 1. The Labute approximate surface area is 193 Å². The van der Waals surface area contributed by atoms with E-state index < -0.39 is 0 Å². The van der Waals surface area contributed by atoms with Crippen molar-refractivity contribution >= 4 is 40.1 Å². The smallest absolute Gasteiger partial charge is 0.254 e. The van der Waals surface area contributed by atoms with Gasteiger partial charge in [-0.05, 0) is 67.0 Å².